The van der Waals surface area contributed by atoms with E-state index < -0.39 is 0 Å². The molecule has 2 heteroatoms. The van der Waals surface area contributed by atoms with Crippen LogP contribution in [0.4, 0.5) is 0 Å². The first-order valence-electron chi connectivity index (χ1n) is 5.88. The van der Waals surface area contributed by atoms with Crippen molar-refractivity contribution >= 4 is 0 Å². The number of para-hydroxylation sites is 1. The summed E-state index contributed by atoms with van der Waals surface area (Å²) in [6.45, 7) is 2.01. The van der Waals surface area contributed by atoms with E-state index in [1.165, 1.54) is 5.56 Å². The topological polar surface area (TPSA) is 35.2 Å². The quantitative estimate of drug-likeness (QED) is 0.809. The zero-order valence-electron chi connectivity index (χ0n) is 9.76. The largest absolute Gasteiger partial charge is 0.488 e. The molecule has 2 aromatic carbocycles. The Kier molecular flexibility index (Phi) is 2.37. The summed E-state index contributed by atoms with van der Waals surface area (Å²) in [7, 11) is 0. The molecule has 1 aliphatic heterocycles. The van der Waals surface area contributed by atoms with E-state index in [1.807, 2.05) is 31.2 Å². The molecule has 2 unspecified atom stereocenters. The first-order valence-corrected chi connectivity index (χ1v) is 5.88. The summed E-state index contributed by atoms with van der Waals surface area (Å²) in [6.07, 6.45) is 0.0508. The number of benzene rings is 2. The van der Waals surface area contributed by atoms with Gasteiger partial charge in [0.1, 0.15) is 11.9 Å². The molecule has 0 aromatic heterocycles. The lowest BCUT2D eigenvalue weighted by atomic mass is 9.99. The summed E-state index contributed by atoms with van der Waals surface area (Å²) in [5.41, 5.74) is 9.52. The molecule has 2 aromatic rings. The highest BCUT2D eigenvalue weighted by atomic mass is 16.5. The van der Waals surface area contributed by atoms with Crippen LogP contribution < -0.4 is 10.5 Å². The average Bonchev–Trinajstić information content (AvgIpc) is 2.67. The van der Waals surface area contributed by atoms with E-state index in [-0.39, 0.29) is 12.1 Å². The molecule has 0 aliphatic carbocycles. The molecule has 0 fully saturated rings. The molecule has 0 amide bonds. The van der Waals surface area contributed by atoms with Crippen LogP contribution >= 0.6 is 0 Å². The molecule has 0 spiro atoms. The van der Waals surface area contributed by atoms with Crippen LogP contribution in [0.15, 0.2) is 48.5 Å². The van der Waals surface area contributed by atoms with Crippen LogP contribution in [0, 0.1) is 0 Å². The lowest BCUT2D eigenvalue weighted by molar-refractivity contribution is 0.229. The Bertz CT molecular complexity index is 536. The van der Waals surface area contributed by atoms with Crippen molar-refractivity contribution in [3.05, 3.63) is 54.1 Å². The molecule has 2 nitrogen and oxygen atoms in total. The predicted molar refractivity (Wildman–Crippen MR) is 68.9 cm³/mol. The fourth-order valence-corrected chi connectivity index (χ4v) is 2.31. The van der Waals surface area contributed by atoms with Gasteiger partial charge in [-0.15, -0.1) is 0 Å². The molecule has 0 radical (unpaired) electrons. The smallest absolute Gasteiger partial charge is 0.132 e. The summed E-state index contributed by atoms with van der Waals surface area (Å²) in [4.78, 5) is 0. The van der Waals surface area contributed by atoms with Gasteiger partial charge in [-0.25, -0.2) is 0 Å². The fourth-order valence-electron chi connectivity index (χ4n) is 2.31. The molecule has 86 valence electrons. The Balaban J connectivity index is 2.16. The van der Waals surface area contributed by atoms with Crippen molar-refractivity contribution in [3.63, 3.8) is 0 Å². The monoisotopic (exact) mass is 225 g/mol. The van der Waals surface area contributed by atoms with Crippen LogP contribution in [0.1, 0.15) is 18.5 Å². The number of nitrogens with two attached hydrogens (primary N) is 1. The van der Waals surface area contributed by atoms with Gasteiger partial charge in [0.15, 0.2) is 0 Å². The SMILES string of the molecule is CC1Oc2c(-c3ccccc3)cccc2C1N. The van der Waals surface area contributed by atoms with Gasteiger partial charge in [-0.05, 0) is 12.5 Å². The van der Waals surface area contributed by atoms with Crippen LogP contribution in [-0.2, 0) is 0 Å². The Hall–Kier alpha value is -1.80. The van der Waals surface area contributed by atoms with Crippen molar-refractivity contribution in [1.29, 1.82) is 0 Å². The van der Waals surface area contributed by atoms with Gasteiger partial charge in [-0.1, -0.05) is 48.5 Å². The first-order chi connectivity index (χ1) is 8.27. The standard InChI is InChI=1S/C15H15NO/c1-10-14(16)13-9-5-8-12(15(13)17-10)11-6-3-2-4-7-11/h2-10,14H,16H2,1H3. The van der Waals surface area contributed by atoms with Crippen molar-refractivity contribution < 1.29 is 4.74 Å². The van der Waals surface area contributed by atoms with Crippen LogP contribution in [0.25, 0.3) is 11.1 Å². The van der Waals surface area contributed by atoms with E-state index in [9.17, 15) is 0 Å². The molecule has 3 rings (SSSR count). The van der Waals surface area contributed by atoms with E-state index in [2.05, 4.69) is 24.3 Å². The Labute approximate surface area is 101 Å². The van der Waals surface area contributed by atoms with Gasteiger partial charge in [0, 0.05) is 11.1 Å². The van der Waals surface area contributed by atoms with E-state index >= 15 is 0 Å². The lowest BCUT2D eigenvalue weighted by Gasteiger charge is -2.09. The van der Waals surface area contributed by atoms with Crippen LogP contribution in [0.5, 0.6) is 5.75 Å². The second kappa shape index (κ2) is 3.90. The summed E-state index contributed by atoms with van der Waals surface area (Å²) in [6, 6.07) is 16.4. The minimum atomic E-state index is -0.0198. The number of rotatable bonds is 1. The maximum atomic E-state index is 6.11. The van der Waals surface area contributed by atoms with Crippen molar-refractivity contribution in [2.24, 2.45) is 5.73 Å². The third-order valence-corrected chi connectivity index (χ3v) is 3.30. The molecule has 0 saturated carbocycles. The highest BCUT2D eigenvalue weighted by molar-refractivity contribution is 5.73. The van der Waals surface area contributed by atoms with Crippen LogP contribution in [0.3, 0.4) is 0 Å². The summed E-state index contributed by atoms with van der Waals surface area (Å²) < 4.78 is 5.88. The minimum Gasteiger partial charge on any atom is -0.488 e. The zero-order chi connectivity index (χ0) is 11.8. The highest BCUT2D eigenvalue weighted by Crippen LogP contribution is 2.42. The number of ether oxygens (including phenoxy) is 1. The molecule has 2 N–H and O–H groups in total. The van der Waals surface area contributed by atoms with Gasteiger partial charge in [-0.2, -0.15) is 0 Å². The fraction of sp³-hybridized carbons (Fsp3) is 0.200. The second-order valence-electron chi connectivity index (χ2n) is 4.44. The maximum absolute atomic E-state index is 6.11. The van der Waals surface area contributed by atoms with E-state index in [4.69, 9.17) is 10.5 Å². The molecule has 17 heavy (non-hydrogen) atoms. The zero-order valence-corrected chi connectivity index (χ0v) is 9.76. The molecule has 1 heterocycles. The van der Waals surface area contributed by atoms with E-state index in [0.717, 1.165) is 16.9 Å². The number of fused-ring (bicyclic) bond motifs is 1. The van der Waals surface area contributed by atoms with Crippen molar-refractivity contribution in [2.75, 3.05) is 0 Å². The van der Waals surface area contributed by atoms with Gasteiger partial charge in [0.25, 0.3) is 0 Å². The predicted octanol–water partition coefficient (Wildman–Crippen LogP) is 3.13. The lowest BCUT2D eigenvalue weighted by Crippen LogP contribution is -2.21. The van der Waals surface area contributed by atoms with Crippen molar-refractivity contribution in [1.82, 2.24) is 0 Å². The minimum absolute atomic E-state index is 0.0198. The third kappa shape index (κ3) is 1.61. The van der Waals surface area contributed by atoms with Crippen LogP contribution in [0.2, 0.25) is 0 Å². The molecule has 1 aliphatic rings. The van der Waals surface area contributed by atoms with Gasteiger partial charge in [0.2, 0.25) is 0 Å². The molecule has 0 bridgehead atoms. The summed E-state index contributed by atoms with van der Waals surface area (Å²) >= 11 is 0. The van der Waals surface area contributed by atoms with Crippen molar-refractivity contribution in [2.45, 2.75) is 19.1 Å². The molecular weight excluding hydrogens is 210 g/mol. The first kappa shape index (κ1) is 10.4. The van der Waals surface area contributed by atoms with E-state index in [0.29, 0.717) is 0 Å². The maximum Gasteiger partial charge on any atom is 0.132 e. The Morgan fingerprint density at radius 2 is 1.76 bits per heavy atom. The van der Waals surface area contributed by atoms with Crippen molar-refractivity contribution in [3.8, 4) is 16.9 Å². The average molecular weight is 225 g/mol. The van der Waals surface area contributed by atoms with E-state index in [1.54, 1.807) is 0 Å². The highest BCUT2D eigenvalue weighted by Gasteiger charge is 2.29. The summed E-state index contributed by atoms with van der Waals surface area (Å²) in [5.74, 6) is 0.943. The summed E-state index contributed by atoms with van der Waals surface area (Å²) in [5, 5.41) is 0. The van der Waals surface area contributed by atoms with Gasteiger partial charge in [0.05, 0.1) is 6.04 Å². The van der Waals surface area contributed by atoms with Gasteiger partial charge < -0.3 is 10.5 Å². The Morgan fingerprint density at radius 1 is 1.00 bits per heavy atom. The molecular formula is C15H15NO. The second-order valence-corrected chi connectivity index (χ2v) is 4.44. The van der Waals surface area contributed by atoms with Crippen LogP contribution in [-0.4, -0.2) is 6.10 Å². The third-order valence-electron chi connectivity index (χ3n) is 3.30. The van der Waals surface area contributed by atoms with Gasteiger partial charge in [-0.3, -0.25) is 0 Å². The van der Waals surface area contributed by atoms with Gasteiger partial charge >= 0.3 is 0 Å². The molecule has 2 atom stereocenters. The Morgan fingerprint density at radius 3 is 2.53 bits per heavy atom. The number of hydrogen-bond donors (Lipinski definition) is 1. The number of hydrogen-bond acceptors (Lipinski definition) is 2. The molecule has 0 saturated heterocycles. The normalized spacial score (nSPS) is 22.0.